The largest absolute Gasteiger partial charge is 0.493 e. The van der Waals surface area contributed by atoms with Crippen molar-refractivity contribution in [2.45, 2.75) is 13.8 Å². The van der Waals surface area contributed by atoms with E-state index in [-0.39, 0.29) is 0 Å². The summed E-state index contributed by atoms with van der Waals surface area (Å²) in [6, 6.07) is 0. The Morgan fingerprint density at radius 1 is 1.15 bits per heavy atom. The Bertz CT molecular complexity index is 195. The number of hydrogen-bond acceptors (Lipinski definition) is 2. The summed E-state index contributed by atoms with van der Waals surface area (Å²) in [7, 11) is 3.08. The highest BCUT2D eigenvalue weighted by molar-refractivity contribution is 9.11. The van der Waals surface area contributed by atoms with Gasteiger partial charge in [0.25, 0.3) is 0 Å². The summed E-state index contributed by atoms with van der Waals surface area (Å²) in [5.74, 6) is 1.04. The minimum absolute atomic E-state index is 0.480. The molecule has 0 heterocycles. The highest BCUT2D eigenvalue weighted by Crippen LogP contribution is 2.14. The van der Waals surface area contributed by atoms with Crippen molar-refractivity contribution in [3.05, 3.63) is 35.2 Å². The molecule has 2 nitrogen and oxygen atoms in total. The van der Waals surface area contributed by atoms with E-state index in [9.17, 15) is 0 Å². The van der Waals surface area contributed by atoms with Crippen molar-refractivity contribution in [1.29, 1.82) is 0 Å². The van der Waals surface area contributed by atoms with E-state index in [0.29, 0.717) is 16.0 Å². The number of rotatable bonds is 4. The van der Waals surface area contributed by atoms with Gasteiger partial charge in [0.1, 0.15) is 0 Å². The molecule has 13 heavy (non-hydrogen) atoms. The van der Waals surface area contributed by atoms with Gasteiger partial charge in [0.15, 0.2) is 11.5 Å². The summed E-state index contributed by atoms with van der Waals surface area (Å²) in [4.78, 5) is 0. The molecule has 0 rings (SSSR count). The standard InChI is InChI=1S/C8H11BrO2.C2H6/c1-6(9)5-8(11-4)7(2)10-3;1-2/h5H,1-2H2,3-4H3;1-2H3/b8-5+;. The number of ether oxygens (including phenoxy) is 2. The monoisotopic (exact) mass is 248 g/mol. The zero-order valence-corrected chi connectivity index (χ0v) is 10.3. The second-order valence-electron chi connectivity index (χ2n) is 1.79. The van der Waals surface area contributed by atoms with Crippen LogP contribution in [0.5, 0.6) is 0 Å². The topological polar surface area (TPSA) is 18.5 Å². The van der Waals surface area contributed by atoms with E-state index in [1.54, 1.807) is 13.2 Å². The van der Waals surface area contributed by atoms with Crippen LogP contribution in [0, 0.1) is 0 Å². The third-order valence-corrected chi connectivity index (χ3v) is 1.26. The maximum atomic E-state index is 4.96. The fourth-order valence-corrected chi connectivity index (χ4v) is 0.704. The Morgan fingerprint density at radius 3 is 1.85 bits per heavy atom. The summed E-state index contributed by atoms with van der Waals surface area (Å²) in [5.41, 5.74) is 0. The Hall–Kier alpha value is -0.700. The van der Waals surface area contributed by atoms with E-state index in [0.717, 1.165) is 0 Å². The van der Waals surface area contributed by atoms with Crippen molar-refractivity contribution in [2.75, 3.05) is 14.2 Å². The number of halogens is 1. The lowest BCUT2D eigenvalue weighted by Gasteiger charge is -2.06. The van der Waals surface area contributed by atoms with Gasteiger partial charge in [-0.05, 0) is 6.08 Å². The van der Waals surface area contributed by atoms with Crippen LogP contribution in [0.25, 0.3) is 0 Å². The van der Waals surface area contributed by atoms with Gasteiger partial charge in [-0.2, -0.15) is 0 Å². The fourth-order valence-electron chi connectivity index (χ4n) is 0.496. The summed E-state index contributed by atoms with van der Waals surface area (Å²) < 4.78 is 10.5. The van der Waals surface area contributed by atoms with Crippen LogP contribution in [0.1, 0.15) is 13.8 Å². The molecule has 0 aliphatic heterocycles. The maximum absolute atomic E-state index is 4.96. The minimum Gasteiger partial charge on any atom is -0.493 e. The zero-order chi connectivity index (χ0) is 10.9. The molecule has 0 aromatic heterocycles. The van der Waals surface area contributed by atoms with Crippen LogP contribution in [0.4, 0.5) is 0 Å². The van der Waals surface area contributed by atoms with Crippen LogP contribution in [-0.4, -0.2) is 14.2 Å². The van der Waals surface area contributed by atoms with Gasteiger partial charge in [-0.15, -0.1) is 0 Å². The maximum Gasteiger partial charge on any atom is 0.161 e. The lowest BCUT2D eigenvalue weighted by molar-refractivity contribution is 0.221. The smallest absolute Gasteiger partial charge is 0.161 e. The van der Waals surface area contributed by atoms with Gasteiger partial charge in [0, 0.05) is 4.48 Å². The first-order valence-corrected chi connectivity index (χ1v) is 4.74. The molecule has 0 fully saturated rings. The summed E-state index contributed by atoms with van der Waals surface area (Å²) in [6.45, 7) is 11.2. The van der Waals surface area contributed by atoms with Gasteiger partial charge in [-0.3, -0.25) is 0 Å². The van der Waals surface area contributed by atoms with Crippen molar-refractivity contribution < 1.29 is 9.47 Å². The molecule has 0 N–H and O–H groups in total. The van der Waals surface area contributed by atoms with Gasteiger partial charge >= 0.3 is 0 Å². The van der Waals surface area contributed by atoms with Crippen molar-refractivity contribution in [1.82, 2.24) is 0 Å². The van der Waals surface area contributed by atoms with Crippen LogP contribution in [-0.2, 0) is 9.47 Å². The Balaban J connectivity index is 0. The van der Waals surface area contributed by atoms with Crippen molar-refractivity contribution in [2.24, 2.45) is 0 Å². The lowest BCUT2D eigenvalue weighted by Crippen LogP contribution is -1.93. The van der Waals surface area contributed by atoms with Crippen LogP contribution in [0.3, 0.4) is 0 Å². The van der Waals surface area contributed by atoms with Crippen LogP contribution >= 0.6 is 15.9 Å². The zero-order valence-electron chi connectivity index (χ0n) is 8.69. The number of hydrogen-bond donors (Lipinski definition) is 0. The third-order valence-electron chi connectivity index (χ3n) is 1.03. The SMILES string of the molecule is C=C(Br)/C=C(/OC)C(=C)OC.CC. The van der Waals surface area contributed by atoms with E-state index < -0.39 is 0 Å². The molecular weight excluding hydrogens is 232 g/mol. The summed E-state index contributed by atoms with van der Waals surface area (Å²) in [5, 5.41) is 0. The Labute approximate surface area is 89.1 Å². The highest BCUT2D eigenvalue weighted by atomic mass is 79.9. The predicted molar refractivity (Wildman–Crippen MR) is 60.7 cm³/mol. The first kappa shape index (κ1) is 14.8. The summed E-state index contributed by atoms with van der Waals surface area (Å²) in [6.07, 6.45) is 1.69. The molecule has 0 amide bonds. The van der Waals surface area contributed by atoms with Crippen molar-refractivity contribution in [3.8, 4) is 0 Å². The molecule has 0 radical (unpaired) electrons. The van der Waals surface area contributed by atoms with Crippen molar-refractivity contribution >= 4 is 15.9 Å². The minimum atomic E-state index is 0.480. The van der Waals surface area contributed by atoms with E-state index >= 15 is 0 Å². The van der Waals surface area contributed by atoms with Gasteiger partial charge < -0.3 is 9.47 Å². The Kier molecular flexibility index (Phi) is 10.7. The molecule has 0 aromatic carbocycles. The van der Waals surface area contributed by atoms with Crippen molar-refractivity contribution in [3.63, 3.8) is 0 Å². The molecule has 0 aliphatic carbocycles. The van der Waals surface area contributed by atoms with Gasteiger partial charge in [-0.1, -0.05) is 42.9 Å². The molecular formula is C10H17BrO2. The van der Waals surface area contributed by atoms with Crippen LogP contribution in [0.2, 0.25) is 0 Å². The predicted octanol–water partition coefficient (Wildman–Crippen LogP) is 3.61. The first-order valence-electron chi connectivity index (χ1n) is 3.95. The second kappa shape index (κ2) is 9.39. The quantitative estimate of drug-likeness (QED) is 0.559. The van der Waals surface area contributed by atoms with Gasteiger partial charge in [0.2, 0.25) is 0 Å². The molecule has 0 bridgehead atoms. The normalized spacial score (nSPS) is 9.46. The molecule has 76 valence electrons. The number of allylic oxidation sites excluding steroid dienone is 2. The lowest BCUT2D eigenvalue weighted by atomic mass is 10.4. The molecule has 0 saturated carbocycles. The van der Waals surface area contributed by atoms with Crippen LogP contribution < -0.4 is 0 Å². The van der Waals surface area contributed by atoms with E-state index in [1.165, 1.54) is 7.11 Å². The number of methoxy groups -OCH3 is 2. The average molecular weight is 249 g/mol. The first-order chi connectivity index (χ1) is 6.11. The highest BCUT2D eigenvalue weighted by Gasteiger charge is 2.00. The molecule has 0 unspecified atom stereocenters. The Morgan fingerprint density at radius 2 is 1.62 bits per heavy atom. The van der Waals surface area contributed by atoms with Gasteiger partial charge in [-0.25, -0.2) is 0 Å². The average Bonchev–Trinajstić information content (AvgIpc) is 2.16. The molecule has 3 heteroatoms. The van der Waals surface area contributed by atoms with Gasteiger partial charge in [0.05, 0.1) is 14.2 Å². The summed E-state index contributed by atoms with van der Waals surface area (Å²) >= 11 is 3.17. The molecule has 0 spiro atoms. The molecule has 0 aliphatic rings. The fraction of sp³-hybridized carbons (Fsp3) is 0.400. The van der Waals surface area contributed by atoms with E-state index in [4.69, 9.17) is 9.47 Å². The molecule has 0 saturated heterocycles. The second-order valence-corrected chi connectivity index (χ2v) is 2.81. The van der Waals surface area contributed by atoms with Crippen LogP contribution in [0.15, 0.2) is 35.2 Å². The van der Waals surface area contributed by atoms with E-state index in [2.05, 4.69) is 29.1 Å². The molecule has 0 aromatic rings. The third kappa shape index (κ3) is 7.65. The van der Waals surface area contributed by atoms with E-state index in [1.807, 2.05) is 13.8 Å². The molecule has 0 atom stereocenters.